The number of rotatable bonds is 8. The summed E-state index contributed by atoms with van der Waals surface area (Å²) in [5.41, 5.74) is 17.6. The van der Waals surface area contributed by atoms with E-state index < -0.39 is 0 Å². The van der Waals surface area contributed by atoms with Crippen LogP contribution in [0.2, 0.25) is 0 Å². The smallest absolute Gasteiger partial charge is 0.182 e. The molecule has 8 aromatic rings. The summed E-state index contributed by atoms with van der Waals surface area (Å²) < 4.78 is 2.33. The first-order valence-corrected chi connectivity index (χ1v) is 26.1. The highest BCUT2D eigenvalue weighted by Gasteiger charge is 2.30. The summed E-state index contributed by atoms with van der Waals surface area (Å²) in [5, 5.41) is 12.2. The fourth-order valence-electron chi connectivity index (χ4n) is 9.57. The maximum atomic E-state index is 12.2. The zero-order valence-electron chi connectivity index (χ0n) is 46.8. The zero-order valence-corrected chi connectivity index (χ0v) is 46.8. The Bertz CT molecular complexity index is 3260. The van der Waals surface area contributed by atoms with Crippen LogP contribution >= 0.6 is 0 Å². The summed E-state index contributed by atoms with van der Waals surface area (Å²) in [4.78, 5) is 21.6. The van der Waals surface area contributed by atoms with E-state index in [9.17, 15) is 5.11 Å². The third-order valence-corrected chi connectivity index (χ3v) is 14.2. The molecule has 72 heavy (non-hydrogen) atoms. The number of aromatic hydroxyl groups is 1. The van der Waals surface area contributed by atoms with Gasteiger partial charge in [-0.25, -0.2) is 19.9 Å². The van der Waals surface area contributed by atoms with Crippen molar-refractivity contribution in [1.29, 1.82) is 0 Å². The number of imidazole rings is 1. The average molecular weight is 958 g/mol. The normalized spacial score (nSPS) is 13.0. The lowest BCUT2D eigenvalue weighted by Gasteiger charge is -2.28. The monoisotopic (exact) mass is 958 g/mol. The molecule has 0 aliphatic carbocycles. The van der Waals surface area contributed by atoms with Crippen molar-refractivity contribution >= 4 is 11.2 Å². The summed E-state index contributed by atoms with van der Waals surface area (Å²) >= 11 is 0. The quantitative estimate of drug-likeness (QED) is 0.164. The molecule has 0 saturated heterocycles. The van der Waals surface area contributed by atoms with Crippen LogP contribution in [0.1, 0.15) is 182 Å². The second-order valence-electron chi connectivity index (χ2n) is 26.0. The summed E-state index contributed by atoms with van der Waals surface area (Å²) in [6, 6.07) is 39.6. The first kappa shape index (κ1) is 51.9. The Balaban J connectivity index is 1.41. The molecule has 5 aromatic carbocycles. The average Bonchev–Trinajstić information content (AvgIpc) is 3.68. The lowest BCUT2D eigenvalue weighted by atomic mass is 9.78. The molecule has 0 saturated carbocycles. The predicted octanol–water partition coefficient (Wildman–Crippen LogP) is 18.0. The van der Waals surface area contributed by atoms with Gasteiger partial charge in [0.15, 0.2) is 11.5 Å². The molecule has 0 atom stereocenters. The Labute approximate surface area is 431 Å². The minimum atomic E-state index is -0.284. The Morgan fingerprint density at radius 2 is 0.958 bits per heavy atom. The Hall–Kier alpha value is -6.40. The Morgan fingerprint density at radius 1 is 0.444 bits per heavy atom. The fraction of sp³-hybridized carbons (Fsp3) is 0.394. The summed E-state index contributed by atoms with van der Waals surface area (Å²) in [6.45, 7) is 42.6. The van der Waals surface area contributed by atoms with Gasteiger partial charge in [-0.05, 0) is 132 Å². The van der Waals surface area contributed by atoms with E-state index in [-0.39, 0.29) is 44.7 Å². The highest BCUT2D eigenvalue weighted by Crippen LogP contribution is 2.45. The van der Waals surface area contributed by atoms with Crippen LogP contribution in [-0.4, -0.2) is 29.6 Å². The number of hydrogen-bond donors (Lipinski definition) is 1. The van der Waals surface area contributed by atoms with Crippen LogP contribution in [0.5, 0.6) is 5.75 Å². The van der Waals surface area contributed by atoms with Gasteiger partial charge in [-0.2, -0.15) is 0 Å². The molecule has 0 aliphatic rings. The van der Waals surface area contributed by atoms with Crippen molar-refractivity contribution in [3.05, 3.63) is 154 Å². The van der Waals surface area contributed by atoms with Crippen LogP contribution in [0.25, 0.3) is 73.3 Å². The van der Waals surface area contributed by atoms with Gasteiger partial charge in [-0.1, -0.05) is 192 Å². The van der Waals surface area contributed by atoms with E-state index in [1.165, 1.54) is 33.4 Å². The minimum Gasteiger partial charge on any atom is -0.507 e. The second-order valence-corrected chi connectivity index (χ2v) is 26.0. The van der Waals surface area contributed by atoms with E-state index >= 15 is 0 Å². The van der Waals surface area contributed by atoms with Crippen LogP contribution in [0.3, 0.4) is 0 Å². The van der Waals surface area contributed by atoms with Gasteiger partial charge in [0.05, 0.1) is 23.3 Å². The van der Waals surface area contributed by atoms with Gasteiger partial charge < -0.3 is 5.11 Å². The highest BCUT2D eigenvalue weighted by atomic mass is 16.3. The maximum Gasteiger partial charge on any atom is 0.182 e. The molecule has 6 heteroatoms. The standard InChI is InChI=1S/C66H79N5O/c1-39(2)50-31-44(41-24-21-20-22-25-41)32-51(40(3)4)57(50)71-56-38-67-59(45-29-46(62(5,6)7)33-47(30-45)63(8,9)10)69-60(56)70-61(71)43-27-23-26-42(28-43)54-36-49(65(14,15)16)37-55(68-54)52-34-48(64(11,12)13)35-53(58(52)72)66(17,18)19/h20-40,72H,1-19H3. The van der Waals surface area contributed by atoms with Crippen LogP contribution in [-0.2, 0) is 27.1 Å². The number of phenols is 1. The molecule has 0 spiro atoms. The van der Waals surface area contributed by atoms with E-state index in [4.69, 9.17) is 19.9 Å². The molecule has 6 nitrogen and oxygen atoms in total. The molecular formula is C66H79N5O. The molecule has 0 fully saturated rings. The number of fused-ring (bicyclic) bond motifs is 1. The number of benzene rings is 5. The summed E-state index contributed by atoms with van der Waals surface area (Å²) in [5.74, 6) is 2.09. The van der Waals surface area contributed by atoms with E-state index in [1.54, 1.807) is 0 Å². The number of pyridine rings is 1. The Morgan fingerprint density at radius 3 is 1.50 bits per heavy atom. The Kier molecular flexibility index (Phi) is 13.4. The molecule has 0 bridgehead atoms. The lowest BCUT2D eigenvalue weighted by Crippen LogP contribution is -2.17. The largest absolute Gasteiger partial charge is 0.507 e. The molecule has 0 aliphatic heterocycles. The number of hydrogen-bond acceptors (Lipinski definition) is 5. The second kappa shape index (κ2) is 18.6. The third-order valence-electron chi connectivity index (χ3n) is 14.2. The van der Waals surface area contributed by atoms with Crippen molar-refractivity contribution in [3.8, 4) is 67.9 Å². The van der Waals surface area contributed by atoms with Gasteiger partial charge in [0.25, 0.3) is 0 Å². The first-order chi connectivity index (χ1) is 33.4. The van der Waals surface area contributed by atoms with Gasteiger partial charge in [0, 0.05) is 27.8 Å². The fourth-order valence-corrected chi connectivity index (χ4v) is 9.57. The van der Waals surface area contributed by atoms with Gasteiger partial charge in [-0.15, -0.1) is 0 Å². The predicted molar refractivity (Wildman–Crippen MR) is 305 cm³/mol. The number of aromatic nitrogens is 5. The molecular weight excluding hydrogens is 879 g/mol. The summed E-state index contributed by atoms with van der Waals surface area (Å²) in [7, 11) is 0. The van der Waals surface area contributed by atoms with Crippen molar-refractivity contribution in [2.75, 3.05) is 0 Å². The zero-order chi connectivity index (χ0) is 52.6. The van der Waals surface area contributed by atoms with Crippen molar-refractivity contribution in [3.63, 3.8) is 0 Å². The van der Waals surface area contributed by atoms with Crippen molar-refractivity contribution in [2.24, 2.45) is 0 Å². The lowest BCUT2D eigenvalue weighted by molar-refractivity contribution is 0.446. The van der Waals surface area contributed by atoms with Gasteiger partial charge in [-0.3, -0.25) is 4.57 Å². The van der Waals surface area contributed by atoms with Crippen LogP contribution in [0.4, 0.5) is 0 Å². The molecule has 374 valence electrons. The maximum absolute atomic E-state index is 12.2. The molecule has 0 unspecified atom stereocenters. The number of phenolic OH excluding ortho intramolecular Hbond substituents is 1. The minimum absolute atomic E-state index is 0.0689. The number of nitrogens with zero attached hydrogens (tertiary/aromatic N) is 5. The van der Waals surface area contributed by atoms with E-state index in [0.29, 0.717) is 11.5 Å². The first-order valence-electron chi connectivity index (χ1n) is 26.1. The van der Waals surface area contributed by atoms with E-state index in [2.05, 4.69) is 245 Å². The van der Waals surface area contributed by atoms with Crippen LogP contribution < -0.4 is 0 Å². The molecule has 1 N–H and O–H groups in total. The molecule has 8 rings (SSSR count). The van der Waals surface area contributed by atoms with E-state index in [0.717, 1.165) is 67.4 Å². The van der Waals surface area contributed by atoms with Crippen LogP contribution in [0.15, 0.2) is 115 Å². The third kappa shape index (κ3) is 10.4. The van der Waals surface area contributed by atoms with Crippen molar-refractivity contribution < 1.29 is 5.11 Å². The molecule has 3 aromatic heterocycles. The van der Waals surface area contributed by atoms with Gasteiger partial charge in [0.1, 0.15) is 17.1 Å². The summed E-state index contributed by atoms with van der Waals surface area (Å²) in [6.07, 6.45) is 1.99. The van der Waals surface area contributed by atoms with Crippen molar-refractivity contribution in [2.45, 2.75) is 170 Å². The molecule has 0 amide bonds. The van der Waals surface area contributed by atoms with Crippen molar-refractivity contribution in [1.82, 2.24) is 24.5 Å². The van der Waals surface area contributed by atoms with E-state index in [1.807, 2.05) is 6.20 Å². The van der Waals surface area contributed by atoms with Crippen LogP contribution in [0, 0.1) is 0 Å². The molecule has 3 heterocycles. The molecule has 0 radical (unpaired) electrons. The topological polar surface area (TPSA) is 76.7 Å². The van der Waals surface area contributed by atoms with Gasteiger partial charge in [0.2, 0.25) is 0 Å². The SMILES string of the molecule is CC(C)c1cc(-c2ccccc2)cc(C(C)C)c1-n1c(-c2cccc(-c3cc(C(C)(C)C)cc(-c4cc(C(C)(C)C)cc(C(C)(C)C)c4O)n3)c2)nc2nc(-c3cc(C(C)(C)C)cc(C(C)(C)C)c3)ncc21. The highest BCUT2D eigenvalue weighted by molar-refractivity contribution is 5.85. The van der Waals surface area contributed by atoms with Gasteiger partial charge >= 0.3 is 0 Å².